The molecular weight excluding hydrogens is 354 g/mol. The monoisotopic (exact) mass is 372 g/mol. The molecule has 26 heavy (non-hydrogen) atoms. The number of fused-ring (bicyclic) bond motifs is 1. The summed E-state index contributed by atoms with van der Waals surface area (Å²) in [6.45, 7) is 3.29. The summed E-state index contributed by atoms with van der Waals surface area (Å²) < 4.78 is 28.4. The van der Waals surface area contributed by atoms with Gasteiger partial charge >= 0.3 is 5.97 Å². The van der Waals surface area contributed by atoms with E-state index in [9.17, 15) is 18.7 Å². The molecule has 5 heteroatoms. The standard InChI is InChI=1S/C21H18F2O2S/c1-11-16(8-13-4-6-15(26-3)7-5-13)20-17(9-14(22)10-18(20)23)19(11)12(2)21(24)25/h4-10,12H,1-3H3,(H,24,25). The largest absolute Gasteiger partial charge is 0.481 e. The fraction of sp³-hybridized carbons (Fsp3) is 0.190. The third-order valence-corrected chi connectivity index (χ3v) is 5.40. The van der Waals surface area contributed by atoms with Gasteiger partial charge in [-0.15, -0.1) is 11.8 Å². The van der Waals surface area contributed by atoms with Crippen LogP contribution >= 0.6 is 11.8 Å². The first-order valence-corrected chi connectivity index (χ1v) is 9.35. The lowest BCUT2D eigenvalue weighted by Crippen LogP contribution is -2.11. The number of carbonyl (C=O) groups is 1. The zero-order chi connectivity index (χ0) is 19.0. The summed E-state index contributed by atoms with van der Waals surface area (Å²) in [5.41, 5.74) is 3.17. The van der Waals surface area contributed by atoms with E-state index in [1.54, 1.807) is 18.7 Å². The number of thioether (sulfide) groups is 1. The summed E-state index contributed by atoms with van der Waals surface area (Å²) >= 11 is 1.62. The summed E-state index contributed by atoms with van der Waals surface area (Å²) in [4.78, 5) is 12.6. The summed E-state index contributed by atoms with van der Waals surface area (Å²) in [5, 5.41) is 9.41. The second-order valence-electron chi connectivity index (χ2n) is 6.24. The van der Waals surface area contributed by atoms with Crippen LogP contribution in [0.3, 0.4) is 0 Å². The van der Waals surface area contributed by atoms with Crippen molar-refractivity contribution in [2.75, 3.05) is 6.26 Å². The molecule has 2 aromatic carbocycles. The van der Waals surface area contributed by atoms with E-state index >= 15 is 0 Å². The van der Waals surface area contributed by atoms with E-state index in [0.717, 1.165) is 16.5 Å². The van der Waals surface area contributed by atoms with Crippen molar-refractivity contribution in [3.63, 3.8) is 0 Å². The Morgan fingerprint density at radius 1 is 1.19 bits per heavy atom. The first kappa shape index (κ1) is 18.4. The first-order valence-electron chi connectivity index (χ1n) is 8.13. The summed E-state index contributed by atoms with van der Waals surface area (Å²) in [6.07, 6.45) is 3.80. The average molecular weight is 372 g/mol. The van der Waals surface area contributed by atoms with Crippen molar-refractivity contribution in [3.05, 3.63) is 70.3 Å². The normalized spacial score (nSPS) is 16.1. The predicted molar refractivity (Wildman–Crippen MR) is 102 cm³/mol. The Morgan fingerprint density at radius 2 is 1.85 bits per heavy atom. The number of carboxylic acid groups (broad SMARTS) is 1. The molecule has 0 radical (unpaired) electrons. The van der Waals surface area contributed by atoms with Crippen molar-refractivity contribution in [2.45, 2.75) is 18.7 Å². The average Bonchev–Trinajstić information content (AvgIpc) is 2.86. The van der Waals surface area contributed by atoms with Gasteiger partial charge in [-0.3, -0.25) is 4.79 Å². The van der Waals surface area contributed by atoms with Crippen LogP contribution in [0.2, 0.25) is 0 Å². The van der Waals surface area contributed by atoms with Crippen molar-refractivity contribution in [1.82, 2.24) is 0 Å². The van der Waals surface area contributed by atoms with Crippen LogP contribution in [-0.2, 0) is 4.79 Å². The molecule has 134 valence electrons. The Hall–Kier alpha value is -2.40. The van der Waals surface area contributed by atoms with Gasteiger partial charge in [0.15, 0.2) is 0 Å². The van der Waals surface area contributed by atoms with E-state index in [2.05, 4.69) is 0 Å². The molecule has 3 rings (SSSR count). The lowest BCUT2D eigenvalue weighted by atomic mass is 9.93. The molecule has 2 aromatic rings. The number of aliphatic carboxylic acids is 1. The highest BCUT2D eigenvalue weighted by Crippen LogP contribution is 2.46. The molecular formula is C21H18F2O2S. The maximum atomic E-state index is 14.6. The molecule has 0 amide bonds. The Balaban J connectivity index is 2.22. The van der Waals surface area contributed by atoms with Crippen LogP contribution in [0, 0.1) is 17.6 Å². The number of hydrogen-bond donors (Lipinski definition) is 1. The van der Waals surface area contributed by atoms with Crippen LogP contribution in [-0.4, -0.2) is 17.3 Å². The van der Waals surface area contributed by atoms with E-state index in [-0.39, 0.29) is 5.56 Å². The van der Waals surface area contributed by atoms with Crippen molar-refractivity contribution in [3.8, 4) is 0 Å². The number of rotatable bonds is 4. The van der Waals surface area contributed by atoms with Gasteiger partial charge < -0.3 is 5.11 Å². The highest BCUT2D eigenvalue weighted by Gasteiger charge is 2.32. The van der Waals surface area contributed by atoms with Gasteiger partial charge in [0.05, 0.1) is 5.92 Å². The molecule has 1 aliphatic rings. The van der Waals surface area contributed by atoms with Crippen LogP contribution in [0.25, 0.3) is 17.2 Å². The Bertz CT molecular complexity index is 943. The van der Waals surface area contributed by atoms with Crippen molar-refractivity contribution < 1.29 is 18.7 Å². The summed E-state index contributed by atoms with van der Waals surface area (Å²) in [7, 11) is 0. The lowest BCUT2D eigenvalue weighted by Gasteiger charge is -2.11. The van der Waals surface area contributed by atoms with Gasteiger partial charge in [0.1, 0.15) is 11.6 Å². The number of hydrogen-bond acceptors (Lipinski definition) is 2. The molecule has 2 nitrogen and oxygen atoms in total. The van der Waals surface area contributed by atoms with Gasteiger partial charge in [-0.1, -0.05) is 12.1 Å². The molecule has 1 N–H and O–H groups in total. The molecule has 1 aliphatic carbocycles. The molecule has 0 fully saturated rings. The van der Waals surface area contributed by atoms with Crippen LogP contribution < -0.4 is 0 Å². The van der Waals surface area contributed by atoms with Gasteiger partial charge in [-0.2, -0.15) is 0 Å². The molecule has 1 unspecified atom stereocenters. The second-order valence-corrected chi connectivity index (χ2v) is 7.12. The molecule has 0 bridgehead atoms. The predicted octanol–water partition coefficient (Wildman–Crippen LogP) is 5.74. The summed E-state index contributed by atoms with van der Waals surface area (Å²) in [6, 6.07) is 9.83. The molecule has 0 aromatic heterocycles. The molecule has 0 saturated heterocycles. The fourth-order valence-electron chi connectivity index (χ4n) is 3.32. The molecule has 0 saturated carbocycles. The number of benzene rings is 2. The smallest absolute Gasteiger partial charge is 0.310 e. The van der Waals surface area contributed by atoms with Gasteiger partial charge in [-0.25, -0.2) is 8.78 Å². The van der Waals surface area contributed by atoms with Crippen LogP contribution in [0.15, 0.2) is 46.9 Å². The fourth-order valence-corrected chi connectivity index (χ4v) is 3.73. The van der Waals surface area contributed by atoms with E-state index in [1.807, 2.05) is 36.6 Å². The van der Waals surface area contributed by atoms with Crippen LogP contribution in [0.5, 0.6) is 0 Å². The molecule has 1 atom stereocenters. The minimum Gasteiger partial charge on any atom is -0.481 e. The second kappa shape index (κ2) is 7.08. The topological polar surface area (TPSA) is 37.3 Å². The highest BCUT2D eigenvalue weighted by molar-refractivity contribution is 7.98. The van der Waals surface area contributed by atoms with Crippen molar-refractivity contribution in [1.29, 1.82) is 0 Å². The van der Waals surface area contributed by atoms with Crippen molar-refractivity contribution in [2.24, 2.45) is 5.92 Å². The minimum atomic E-state index is -1.03. The zero-order valence-electron chi connectivity index (χ0n) is 14.6. The Morgan fingerprint density at radius 3 is 2.42 bits per heavy atom. The van der Waals surface area contributed by atoms with Crippen LogP contribution in [0.4, 0.5) is 8.78 Å². The SMILES string of the molecule is CSc1ccc(C=C2C(C)=C(C(C)C(=O)O)c3cc(F)cc(F)c32)cc1. The number of allylic oxidation sites excluding steroid dienone is 2. The maximum absolute atomic E-state index is 14.6. The number of carboxylic acids is 1. The third-order valence-electron chi connectivity index (χ3n) is 4.65. The van der Waals surface area contributed by atoms with E-state index in [0.29, 0.717) is 22.3 Å². The Kier molecular flexibility index (Phi) is 5.01. The van der Waals surface area contributed by atoms with Crippen molar-refractivity contribution >= 4 is 35.0 Å². The Labute approximate surface area is 155 Å². The highest BCUT2D eigenvalue weighted by atomic mass is 32.2. The summed E-state index contributed by atoms with van der Waals surface area (Å²) in [5.74, 6) is -3.28. The lowest BCUT2D eigenvalue weighted by molar-refractivity contribution is -0.139. The van der Waals surface area contributed by atoms with Gasteiger partial charge in [-0.05, 0) is 72.2 Å². The van der Waals surface area contributed by atoms with E-state index in [4.69, 9.17) is 0 Å². The van der Waals surface area contributed by atoms with Gasteiger partial charge in [0.2, 0.25) is 0 Å². The van der Waals surface area contributed by atoms with Gasteiger partial charge in [0.25, 0.3) is 0 Å². The number of halogens is 2. The third kappa shape index (κ3) is 3.19. The molecule has 0 aliphatic heterocycles. The molecule has 0 heterocycles. The van der Waals surface area contributed by atoms with Crippen LogP contribution in [0.1, 0.15) is 30.5 Å². The molecule has 0 spiro atoms. The minimum absolute atomic E-state index is 0.265. The maximum Gasteiger partial charge on any atom is 0.310 e. The van der Waals surface area contributed by atoms with E-state index in [1.165, 1.54) is 13.0 Å². The zero-order valence-corrected chi connectivity index (χ0v) is 15.5. The first-order chi connectivity index (χ1) is 12.3. The quantitative estimate of drug-likeness (QED) is 0.696. The van der Waals surface area contributed by atoms with E-state index < -0.39 is 23.5 Å². The van der Waals surface area contributed by atoms with Gasteiger partial charge in [0, 0.05) is 16.5 Å².